The summed E-state index contributed by atoms with van der Waals surface area (Å²) in [5.74, 6) is 1.20. The van der Waals surface area contributed by atoms with Crippen LogP contribution in [0.25, 0.3) is 0 Å². The third-order valence-electron chi connectivity index (χ3n) is 3.70. The minimum atomic E-state index is -3.69. The first kappa shape index (κ1) is 14.1. The van der Waals surface area contributed by atoms with Crippen LogP contribution in [0.1, 0.15) is 26.2 Å². The second-order valence-electron chi connectivity index (χ2n) is 5.07. The van der Waals surface area contributed by atoms with E-state index in [0.29, 0.717) is 23.4 Å². The third-order valence-corrected chi connectivity index (χ3v) is 4.61. The Morgan fingerprint density at radius 2 is 2.11 bits per heavy atom. The number of nitrogens with one attached hydrogen (secondary N) is 1. The highest BCUT2D eigenvalue weighted by atomic mass is 32.2. The van der Waals surface area contributed by atoms with Gasteiger partial charge in [0.15, 0.2) is 0 Å². The normalized spacial score (nSPS) is 23.3. The van der Waals surface area contributed by atoms with Gasteiger partial charge in [0, 0.05) is 6.04 Å². The van der Waals surface area contributed by atoms with Gasteiger partial charge < -0.3 is 10.1 Å². The standard InChI is InChI=1S/C13H20N2O3S/c1-9-4-3-5-11(9)15-12-8-10(19(14,16)17)6-7-13(12)18-2/h6-9,11,15H,3-5H2,1-2H3,(H2,14,16,17). The Kier molecular flexibility index (Phi) is 4.01. The number of hydrogen-bond donors (Lipinski definition) is 2. The van der Waals surface area contributed by atoms with Crippen LogP contribution >= 0.6 is 0 Å². The Hall–Kier alpha value is -1.27. The fourth-order valence-electron chi connectivity index (χ4n) is 2.54. The lowest BCUT2D eigenvalue weighted by molar-refractivity contribution is 0.414. The Morgan fingerprint density at radius 3 is 2.63 bits per heavy atom. The minimum absolute atomic E-state index is 0.0986. The maximum absolute atomic E-state index is 11.4. The topological polar surface area (TPSA) is 81.4 Å². The quantitative estimate of drug-likeness (QED) is 0.885. The molecule has 0 spiro atoms. The largest absolute Gasteiger partial charge is 0.495 e. The lowest BCUT2D eigenvalue weighted by Crippen LogP contribution is -2.22. The van der Waals surface area contributed by atoms with Crippen LogP contribution in [0, 0.1) is 5.92 Å². The molecule has 1 aromatic rings. The van der Waals surface area contributed by atoms with E-state index >= 15 is 0 Å². The molecule has 2 atom stereocenters. The van der Waals surface area contributed by atoms with Gasteiger partial charge in [0.2, 0.25) is 10.0 Å². The van der Waals surface area contributed by atoms with Crippen LogP contribution < -0.4 is 15.2 Å². The van der Waals surface area contributed by atoms with Gasteiger partial charge in [-0.25, -0.2) is 13.6 Å². The zero-order valence-corrected chi connectivity index (χ0v) is 12.0. The van der Waals surface area contributed by atoms with Gasteiger partial charge in [-0.3, -0.25) is 0 Å². The number of benzene rings is 1. The van der Waals surface area contributed by atoms with E-state index in [4.69, 9.17) is 9.88 Å². The van der Waals surface area contributed by atoms with E-state index in [9.17, 15) is 8.42 Å². The van der Waals surface area contributed by atoms with Crippen molar-refractivity contribution in [1.29, 1.82) is 0 Å². The first-order valence-corrected chi connectivity index (χ1v) is 7.94. The minimum Gasteiger partial charge on any atom is -0.495 e. The van der Waals surface area contributed by atoms with Crippen LogP contribution in [0.15, 0.2) is 23.1 Å². The average molecular weight is 284 g/mol. The smallest absolute Gasteiger partial charge is 0.238 e. The van der Waals surface area contributed by atoms with Crippen LogP contribution in [0.2, 0.25) is 0 Å². The van der Waals surface area contributed by atoms with Crippen LogP contribution in [-0.2, 0) is 10.0 Å². The van der Waals surface area contributed by atoms with Crippen molar-refractivity contribution in [2.24, 2.45) is 11.1 Å². The molecule has 2 unspecified atom stereocenters. The summed E-state index contributed by atoms with van der Waals surface area (Å²) >= 11 is 0. The van der Waals surface area contributed by atoms with Crippen LogP contribution in [0.5, 0.6) is 5.75 Å². The summed E-state index contributed by atoms with van der Waals surface area (Å²) in [5, 5.41) is 8.53. The van der Waals surface area contributed by atoms with Crippen LogP contribution in [-0.4, -0.2) is 21.6 Å². The van der Waals surface area contributed by atoms with E-state index in [0.717, 1.165) is 6.42 Å². The highest BCUT2D eigenvalue weighted by Gasteiger charge is 2.24. The number of nitrogens with two attached hydrogens (primary N) is 1. The van der Waals surface area contributed by atoms with Crippen molar-refractivity contribution < 1.29 is 13.2 Å². The highest BCUT2D eigenvalue weighted by molar-refractivity contribution is 7.89. The molecule has 1 fully saturated rings. The van der Waals surface area contributed by atoms with Crippen molar-refractivity contribution >= 4 is 15.7 Å². The van der Waals surface area contributed by atoms with Crippen molar-refractivity contribution in [2.45, 2.75) is 37.1 Å². The van der Waals surface area contributed by atoms with E-state index < -0.39 is 10.0 Å². The van der Waals surface area contributed by atoms with Crippen LogP contribution in [0.4, 0.5) is 5.69 Å². The Labute approximate surface area is 114 Å². The summed E-state index contributed by atoms with van der Waals surface area (Å²) in [6.07, 6.45) is 3.47. The molecule has 2 rings (SSSR count). The van der Waals surface area contributed by atoms with Gasteiger partial charge in [0.05, 0.1) is 17.7 Å². The predicted octanol–water partition coefficient (Wildman–Crippen LogP) is 1.94. The summed E-state index contributed by atoms with van der Waals surface area (Å²) in [5.41, 5.74) is 0.688. The molecule has 1 aliphatic rings. The SMILES string of the molecule is COc1ccc(S(N)(=O)=O)cc1NC1CCCC1C. The number of primary sulfonamides is 1. The van der Waals surface area contributed by atoms with Gasteiger partial charge >= 0.3 is 0 Å². The van der Waals surface area contributed by atoms with E-state index in [1.807, 2.05) is 0 Å². The third kappa shape index (κ3) is 3.19. The van der Waals surface area contributed by atoms with Gasteiger partial charge in [-0.2, -0.15) is 0 Å². The highest BCUT2D eigenvalue weighted by Crippen LogP contribution is 2.33. The number of methoxy groups -OCH3 is 1. The Balaban J connectivity index is 2.31. The predicted molar refractivity (Wildman–Crippen MR) is 74.8 cm³/mol. The maximum atomic E-state index is 11.4. The molecule has 0 aliphatic heterocycles. The van der Waals surface area contributed by atoms with E-state index in [-0.39, 0.29) is 4.90 Å². The molecule has 0 heterocycles. The molecule has 1 aromatic carbocycles. The maximum Gasteiger partial charge on any atom is 0.238 e. The molecule has 106 valence electrons. The van der Waals surface area contributed by atoms with Gasteiger partial charge in [-0.15, -0.1) is 0 Å². The molecular weight excluding hydrogens is 264 g/mol. The van der Waals surface area contributed by atoms with E-state index in [1.165, 1.54) is 18.9 Å². The van der Waals surface area contributed by atoms with Gasteiger partial charge in [-0.05, 0) is 37.0 Å². The molecule has 6 heteroatoms. The molecule has 0 aromatic heterocycles. The second-order valence-corrected chi connectivity index (χ2v) is 6.63. The monoisotopic (exact) mass is 284 g/mol. The van der Waals surface area contributed by atoms with Crippen LogP contribution in [0.3, 0.4) is 0 Å². The zero-order chi connectivity index (χ0) is 14.0. The summed E-state index contributed by atoms with van der Waals surface area (Å²) in [6.45, 7) is 2.20. The fourth-order valence-corrected chi connectivity index (χ4v) is 3.08. The van der Waals surface area contributed by atoms with Crippen molar-refractivity contribution in [3.63, 3.8) is 0 Å². The van der Waals surface area contributed by atoms with Crippen molar-refractivity contribution in [2.75, 3.05) is 12.4 Å². The first-order chi connectivity index (χ1) is 8.91. The molecule has 0 bridgehead atoms. The molecule has 1 aliphatic carbocycles. The number of ether oxygens (including phenoxy) is 1. The van der Waals surface area contributed by atoms with E-state index in [1.54, 1.807) is 19.2 Å². The molecule has 1 saturated carbocycles. The summed E-state index contributed by atoms with van der Waals surface area (Å²) in [7, 11) is -2.13. The summed E-state index contributed by atoms with van der Waals surface area (Å²) in [4.78, 5) is 0.0986. The number of sulfonamides is 1. The van der Waals surface area contributed by atoms with E-state index in [2.05, 4.69) is 12.2 Å². The molecule has 3 N–H and O–H groups in total. The van der Waals surface area contributed by atoms with Gasteiger partial charge in [0.1, 0.15) is 5.75 Å². The molecule has 19 heavy (non-hydrogen) atoms. The summed E-state index contributed by atoms with van der Waals surface area (Å²) in [6, 6.07) is 4.97. The van der Waals surface area contributed by atoms with Crippen molar-refractivity contribution in [3.8, 4) is 5.75 Å². The molecular formula is C13H20N2O3S. The first-order valence-electron chi connectivity index (χ1n) is 6.39. The molecule has 0 amide bonds. The van der Waals surface area contributed by atoms with Gasteiger partial charge in [-0.1, -0.05) is 13.3 Å². The van der Waals surface area contributed by atoms with Crippen molar-refractivity contribution in [3.05, 3.63) is 18.2 Å². The molecule has 0 saturated heterocycles. The zero-order valence-electron chi connectivity index (χ0n) is 11.2. The second kappa shape index (κ2) is 5.38. The molecule has 5 nitrogen and oxygen atoms in total. The Bertz CT molecular complexity index is 557. The van der Waals surface area contributed by atoms with Crippen molar-refractivity contribution in [1.82, 2.24) is 0 Å². The molecule has 0 radical (unpaired) electrons. The number of anilines is 1. The lowest BCUT2D eigenvalue weighted by Gasteiger charge is -2.20. The lowest BCUT2D eigenvalue weighted by atomic mass is 10.1. The Morgan fingerprint density at radius 1 is 1.37 bits per heavy atom. The average Bonchev–Trinajstić information content (AvgIpc) is 2.74. The fraction of sp³-hybridized carbons (Fsp3) is 0.538. The van der Waals surface area contributed by atoms with Gasteiger partial charge in [0.25, 0.3) is 0 Å². The number of rotatable bonds is 4. The summed E-state index contributed by atoms with van der Waals surface area (Å²) < 4.78 is 28.1. The number of hydrogen-bond acceptors (Lipinski definition) is 4.